The Hall–Kier alpha value is -1.71. The van der Waals surface area contributed by atoms with E-state index in [1.54, 1.807) is 23.3 Å². The minimum atomic E-state index is -3.65. The Labute approximate surface area is 113 Å². The first kappa shape index (κ1) is 13.7. The summed E-state index contributed by atoms with van der Waals surface area (Å²) < 4.78 is 27.9. The highest BCUT2D eigenvalue weighted by molar-refractivity contribution is 7.91. The molecule has 0 aliphatic rings. The second kappa shape index (κ2) is 5.51. The number of nitrogens with one attached hydrogen (secondary N) is 1. The van der Waals surface area contributed by atoms with Crippen LogP contribution >= 0.6 is 11.3 Å². The van der Waals surface area contributed by atoms with E-state index in [4.69, 9.17) is 5.11 Å². The Morgan fingerprint density at radius 3 is 2.84 bits per heavy atom. The molecule has 0 radical (unpaired) electrons. The number of sulfonamides is 1. The summed E-state index contributed by atoms with van der Waals surface area (Å²) in [4.78, 5) is 14.5. The maximum absolute atomic E-state index is 11.9. The molecular formula is C10H11N3O4S2. The van der Waals surface area contributed by atoms with E-state index in [1.165, 1.54) is 12.1 Å². The topological polar surface area (TPSA) is 101 Å². The van der Waals surface area contributed by atoms with Crippen LogP contribution in [0.25, 0.3) is 0 Å². The number of rotatable bonds is 6. The normalized spacial score (nSPS) is 11.6. The van der Waals surface area contributed by atoms with Gasteiger partial charge in [0.05, 0.1) is 6.33 Å². The quantitative estimate of drug-likeness (QED) is 0.814. The molecule has 0 bridgehead atoms. The molecule has 9 heteroatoms. The minimum Gasteiger partial charge on any atom is -0.477 e. The molecule has 0 amide bonds. The second-order valence-electron chi connectivity index (χ2n) is 3.62. The smallest absolute Gasteiger partial charge is 0.345 e. The Balaban J connectivity index is 1.99. The monoisotopic (exact) mass is 301 g/mol. The fourth-order valence-electron chi connectivity index (χ4n) is 1.38. The number of carboxylic acid groups (broad SMARTS) is 1. The van der Waals surface area contributed by atoms with Gasteiger partial charge >= 0.3 is 5.97 Å². The predicted molar refractivity (Wildman–Crippen MR) is 68.7 cm³/mol. The van der Waals surface area contributed by atoms with Crippen LogP contribution in [0.15, 0.2) is 35.1 Å². The lowest BCUT2D eigenvalue weighted by atomic mass is 10.5. The number of imidazole rings is 1. The number of carboxylic acids is 1. The molecule has 0 spiro atoms. The molecule has 0 saturated carbocycles. The largest absolute Gasteiger partial charge is 0.477 e. The van der Waals surface area contributed by atoms with Crippen molar-refractivity contribution in [2.24, 2.45) is 0 Å². The zero-order chi connectivity index (χ0) is 13.9. The molecule has 0 aliphatic heterocycles. The van der Waals surface area contributed by atoms with Gasteiger partial charge in [0.2, 0.25) is 10.0 Å². The maximum Gasteiger partial charge on any atom is 0.345 e. The van der Waals surface area contributed by atoms with E-state index in [2.05, 4.69) is 9.71 Å². The summed E-state index contributed by atoms with van der Waals surface area (Å²) in [5.74, 6) is -1.13. The Morgan fingerprint density at radius 1 is 1.47 bits per heavy atom. The summed E-state index contributed by atoms with van der Waals surface area (Å²) >= 11 is 0.727. The van der Waals surface area contributed by atoms with Gasteiger partial charge in [-0.25, -0.2) is 22.9 Å². The van der Waals surface area contributed by atoms with Crippen molar-refractivity contribution >= 4 is 27.3 Å². The third kappa shape index (κ3) is 3.40. The standard InChI is InChI=1S/C10H11N3O4S2/c14-10(15)8-1-2-9(18-8)19(16,17)12-4-6-13-5-3-11-7-13/h1-3,5,7,12H,4,6H2,(H,14,15). The summed E-state index contributed by atoms with van der Waals surface area (Å²) in [5.41, 5.74) is 0. The van der Waals surface area contributed by atoms with Crippen molar-refractivity contribution in [3.63, 3.8) is 0 Å². The number of hydrogen-bond acceptors (Lipinski definition) is 5. The number of hydrogen-bond donors (Lipinski definition) is 2. The van der Waals surface area contributed by atoms with Crippen LogP contribution in [0.5, 0.6) is 0 Å². The molecular weight excluding hydrogens is 290 g/mol. The van der Waals surface area contributed by atoms with Crippen molar-refractivity contribution in [2.45, 2.75) is 10.8 Å². The zero-order valence-electron chi connectivity index (χ0n) is 9.68. The van der Waals surface area contributed by atoms with Crippen LogP contribution in [-0.4, -0.2) is 35.6 Å². The van der Waals surface area contributed by atoms with Crippen LogP contribution in [-0.2, 0) is 16.6 Å². The molecule has 19 heavy (non-hydrogen) atoms. The highest BCUT2D eigenvalue weighted by Crippen LogP contribution is 2.21. The lowest BCUT2D eigenvalue weighted by Crippen LogP contribution is -2.26. The fourth-order valence-corrected chi connectivity index (χ4v) is 3.59. The van der Waals surface area contributed by atoms with Crippen molar-refractivity contribution in [3.8, 4) is 0 Å². The fraction of sp³-hybridized carbons (Fsp3) is 0.200. The summed E-state index contributed by atoms with van der Waals surface area (Å²) in [5, 5.41) is 8.75. The molecule has 0 saturated heterocycles. The molecule has 0 aliphatic carbocycles. The van der Waals surface area contributed by atoms with E-state index in [1.807, 2.05) is 0 Å². The van der Waals surface area contributed by atoms with E-state index in [0.717, 1.165) is 11.3 Å². The lowest BCUT2D eigenvalue weighted by molar-refractivity contribution is 0.0702. The summed E-state index contributed by atoms with van der Waals surface area (Å²) in [7, 11) is -3.65. The van der Waals surface area contributed by atoms with Gasteiger partial charge in [-0.3, -0.25) is 0 Å². The van der Waals surface area contributed by atoms with Gasteiger partial charge in [-0.05, 0) is 12.1 Å². The van der Waals surface area contributed by atoms with Crippen molar-refractivity contribution in [2.75, 3.05) is 6.54 Å². The molecule has 102 valence electrons. The summed E-state index contributed by atoms with van der Waals surface area (Å²) in [6.45, 7) is 0.662. The molecule has 2 heterocycles. The van der Waals surface area contributed by atoms with Crippen LogP contribution in [0.2, 0.25) is 0 Å². The van der Waals surface area contributed by atoms with Gasteiger partial charge in [0.1, 0.15) is 9.09 Å². The number of thiophene rings is 1. The number of carbonyl (C=O) groups is 1. The lowest BCUT2D eigenvalue weighted by Gasteiger charge is -2.05. The van der Waals surface area contributed by atoms with E-state index in [0.29, 0.717) is 6.54 Å². The molecule has 0 atom stereocenters. The van der Waals surface area contributed by atoms with Crippen molar-refractivity contribution < 1.29 is 18.3 Å². The molecule has 2 rings (SSSR count). The van der Waals surface area contributed by atoms with Gasteiger partial charge in [0.25, 0.3) is 0 Å². The first-order valence-electron chi connectivity index (χ1n) is 5.27. The van der Waals surface area contributed by atoms with Gasteiger partial charge in [0.15, 0.2) is 0 Å². The Bertz CT molecular complexity index is 661. The summed E-state index contributed by atoms with van der Waals surface area (Å²) in [6.07, 6.45) is 4.91. The third-order valence-corrected chi connectivity index (χ3v) is 5.30. The van der Waals surface area contributed by atoms with Crippen LogP contribution in [0.4, 0.5) is 0 Å². The molecule has 0 aromatic carbocycles. The van der Waals surface area contributed by atoms with Gasteiger partial charge in [-0.15, -0.1) is 11.3 Å². The van der Waals surface area contributed by atoms with Crippen molar-refractivity contribution in [1.29, 1.82) is 0 Å². The van der Waals surface area contributed by atoms with E-state index >= 15 is 0 Å². The Morgan fingerprint density at radius 2 is 2.26 bits per heavy atom. The number of aromatic carboxylic acids is 1. The molecule has 0 unspecified atom stereocenters. The summed E-state index contributed by atoms with van der Waals surface area (Å²) in [6, 6.07) is 2.56. The van der Waals surface area contributed by atoms with Gasteiger partial charge in [-0.1, -0.05) is 0 Å². The van der Waals surface area contributed by atoms with Crippen LogP contribution in [0.1, 0.15) is 9.67 Å². The third-order valence-electron chi connectivity index (χ3n) is 2.28. The molecule has 0 fully saturated rings. The zero-order valence-corrected chi connectivity index (χ0v) is 11.3. The molecule has 2 aromatic rings. The number of nitrogens with zero attached hydrogens (tertiary/aromatic N) is 2. The second-order valence-corrected chi connectivity index (χ2v) is 6.70. The average molecular weight is 301 g/mol. The van der Waals surface area contributed by atoms with E-state index in [-0.39, 0.29) is 15.6 Å². The molecule has 2 aromatic heterocycles. The first-order valence-corrected chi connectivity index (χ1v) is 7.57. The first-order chi connectivity index (χ1) is 8.99. The van der Waals surface area contributed by atoms with E-state index in [9.17, 15) is 13.2 Å². The average Bonchev–Trinajstić information content (AvgIpc) is 2.99. The predicted octanol–water partition coefficient (Wildman–Crippen LogP) is 0.621. The van der Waals surface area contributed by atoms with Crippen LogP contribution < -0.4 is 4.72 Å². The highest BCUT2D eigenvalue weighted by Gasteiger charge is 2.18. The van der Waals surface area contributed by atoms with Crippen molar-refractivity contribution in [1.82, 2.24) is 14.3 Å². The SMILES string of the molecule is O=C(O)c1ccc(S(=O)(=O)NCCn2ccnc2)s1. The Kier molecular flexibility index (Phi) is 3.98. The van der Waals surface area contributed by atoms with Crippen LogP contribution in [0, 0.1) is 0 Å². The molecule has 2 N–H and O–H groups in total. The minimum absolute atomic E-state index is 0.00414. The van der Waals surface area contributed by atoms with Crippen molar-refractivity contribution in [3.05, 3.63) is 35.7 Å². The van der Waals surface area contributed by atoms with E-state index < -0.39 is 16.0 Å². The molecule has 7 nitrogen and oxygen atoms in total. The van der Waals surface area contributed by atoms with Crippen LogP contribution in [0.3, 0.4) is 0 Å². The highest BCUT2D eigenvalue weighted by atomic mass is 32.2. The van der Waals surface area contributed by atoms with Gasteiger partial charge in [-0.2, -0.15) is 0 Å². The van der Waals surface area contributed by atoms with Gasteiger partial charge < -0.3 is 9.67 Å². The maximum atomic E-state index is 11.9. The number of aromatic nitrogens is 2. The van der Waals surface area contributed by atoms with Gasteiger partial charge in [0, 0.05) is 25.5 Å².